The second-order valence-corrected chi connectivity index (χ2v) is 1.96. The van der Waals surface area contributed by atoms with Gasteiger partial charge in [-0.15, -0.1) is 0 Å². The third kappa shape index (κ3) is 1.18. The standard InChI is InChI=1S/C7H8O3/c1-2-5-4-10-7(9)3-6(5)8/h3-4,8H,2H2,1H3. The van der Waals surface area contributed by atoms with Gasteiger partial charge >= 0.3 is 5.63 Å². The Morgan fingerprint density at radius 2 is 2.40 bits per heavy atom. The average Bonchev–Trinajstić information content (AvgIpc) is 1.88. The van der Waals surface area contributed by atoms with Crippen LogP contribution < -0.4 is 5.63 Å². The van der Waals surface area contributed by atoms with Crippen molar-refractivity contribution in [2.75, 3.05) is 0 Å². The Morgan fingerprint density at radius 1 is 1.70 bits per heavy atom. The predicted octanol–water partition coefficient (Wildman–Crippen LogP) is 0.908. The van der Waals surface area contributed by atoms with E-state index in [1.807, 2.05) is 6.92 Å². The van der Waals surface area contributed by atoms with E-state index in [4.69, 9.17) is 5.11 Å². The molecule has 3 heteroatoms. The Balaban J connectivity index is 3.19. The largest absolute Gasteiger partial charge is 0.507 e. The summed E-state index contributed by atoms with van der Waals surface area (Å²) in [5, 5.41) is 9.03. The third-order valence-corrected chi connectivity index (χ3v) is 1.28. The molecule has 0 unspecified atom stereocenters. The van der Waals surface area contributed by atoms with E-state index >= 15 is 0 Å². The van der Waals surface area contributed by atoms with Gasteiger partial charge in [-0.3, -0.25) is 0 Å². The average molecular weight is 140 g/mol. The van der Waals surface area contributed by atoms with Crippen LogP contribution in [0.3, 0.4) is 0 Å². The minimum absolute atomic E-state index is 0.0127. The van der Waals surface area contributed by atoms with Crippen LogP contribution in [0.15, 0.2) is 21.5 Å². The van der Waals surface area contributed by atoms with Gasteiger partial charge in [0.15, 0.2) is 0 Å². The lowest BCUT2D eigenvalue weighted by Gasteiger charge is -1.95. The Morgan fingerprint density at radius 3 is 2.90 bits per heavy atom. The smallest absolute Gasteiger partial charge is 0.339 e. The summed E-state index contributed by atoms with van der Waals surface area (Å²) in [6.45, 7) is 1.87. The van der Waals surface area contributed by atoms with E-state index in [1.165, 1.54) is 6.26 Å². The zero-order valence-electron chi connectivity index (χ0n) is 5.63. The van der Waals surface area contributed by atoms with Crippen molar-refractivity contribution < 1.29 is 9.52 Å². The molecule has 0 radical (unpaired) electrons. The minimum Gasteiger partial charge on any atom is -0.507 e. The lowest BCUT2D eigenvalue weighted by Crippen LogP contribution is -1.96. The molecule has 1 heterocycles. The molecule has 0 bridgehead atoms. The molecule has 1 N–H and O–H groups in total. The zero-order valence-corrected chi connectivity index (χ0v) is 5.63. The van der Waals surface area contributed by atoms with Crippen molar-refractivity contribution in [2.24, 2.45) is 0 Å². The summed E-state index contributed by atoms with van der Waals surface area (Å²) < 4.78 is 4.51. The first-order valence-electron chi connectivity index (χ1n) is 3.04. The molecule has 0 spiro atoms. The monoisotopic (exact) mass is 140 g/mol. The first-order valence-corrected chi connectivity index (χ1v) is 3.04. The topological polar surface area (TPSA) is 50.4 Å². The minimum atomic E-state index is -0.519. The van der Waals surface area contributed by atoms with E-state index in [-0.39, 0.29) is 5.75 Å². The summed E-state index contributed by atoms with van der Waals surface area (Å²) >= 11 is 0. The molecule has 0 saturated carbocycles. The maximum atomic E-state index is 10.4. The molecule has 54 valence electrons. The van der Waals surface area contributed by atoms with Crippen LogP contribution in [0.25, 0.3) is 0 Å². The van der Waals surface area contributed by atoms with Crippen LogP contribution in [0.5, 0.6) is 5.75 Å². The highest BCUT2D eigenvalue weighted by Gasteiger charge is 1.98. The first-order chi connectivity index (χ1) is 4.74. The predicted molar refractivity (Wildman–Crippen MR) is 36.0 cm³/mol. The molecule has 1 aromatic heterocycles. The quantitative estimate of drug-likeness (QED) is 0.630. The fourth-order valence-electron chi connectivity index (χ4n) is 0.692. The van der Waals surface area contributed by atoms with Crippen molar-refractivity contribution in [3.8, 4) is 5.75 Å². The molecular weight excluding hydrogens is 132 g/mol. The molecule has 3 nitrogen and oxygen atoms in total. The van der Waals surface area contributed by atoms with Crippen LogP contribution in [-0.4, -0.2) is 5.11 Å². The maximum Gasteiger partial charge on any atom is 0.339 e. The molecule has 10 heavy (non-hydrogen) atoms. The fourth-order valence-corrected chi connectivity index (χ4v) is 0.692. The highest BCUT2D eigenvalue weighted by molar-refractivity contribution is 5.26. The number of aromatic hydroxyl groups is 1. The van der Waals surface area contributed by atoms with Gasteiger partial charge in [-0.25, -0.2) is 4.79 Å². The normalized spacial score (nSPS) is 9.70. The maximum absolute atomic E-state index is 10.4. The van der Waals surface area contributed by atoms with Crippen molar-refractivity contribution in [2.45, 2.75) is 13.3 Å². The van der Waals surface area contributed by atoms with E-state index in [9.17, 15) is 4.79 Å². The van der Waals surface area contributed by atoms with Crippen LogP contribution >= 0.6 is 0 Å². The van der Waals surface area contributed by atoms with Crippen molar-refractivity contribution in [3.63, 3.8) is 0 Å². The number of aryl methyl sites for hydroxylation is 1. The molecule has 1 aromatic rings. The fraction of sp³-hybridized carbons (Fsp3) is 0.286. The molecule has 0 fully saturated rings. The Labute approximate surface area is 57.9 Å². The van der Waals surface area contributed by atoms with Crippen LogP contribution in [0, 0.1) is 0 Å². The molecule has 0 aliphatic rings. The van der Waals surface area contributed by atoms with Gasteiger partial charge < -0.3 is 9.52 Å². The second-order valence-electron chi connectivity index (χ2n) is 1.96. The number of hydrogen-bond acceptors (Lipinski definition) is 3. The summed E-state index contributed by atoms with van der Waals surface area (Å²) in [5.74, 6) is 0.0127. The van der Waals surface area contributed by atoms with E-state index in [0.29, 0.717) is 12.0 Å². The van der Waals surface area contributed by atoms with Gasteiger partial charge in [-0.2, -0.15) is 0 Å². The second kappa shape index (κ2) is 2.56. The van der Waals surface area contributed by atoms with Crippen LogP contribution in [0.2, 0.25) is 0 Å². The van der Waals surface area contributed by atoms with Crippen molar-refractivity contribution >= 4 is 0 Å². The van der Waals surface area contributed by atoms with Crippen molar-refractivity contribution in [1.29, 1.82) is 0 Å². The van der Waals surface area contributed by atoms with Crippen LogP contribution in [0.1, 0.15) is 12.5 Å². The van der Waals surface area contributed by atoms with Crippen LogP contribution in [-0.2, 0) is 6.42 Å². The van der Waals surface area contributed by atoms with E-state index < -0.39 is 5.63 Å². The van der Waals surface area contributed by atoms with E-state index in [0.717, 1.165) is 6.07 Å². The summed E-state index contributed by atoms with van der Waals surface area (Å²) in [5.41, 5.74) is 0.134. The Hall–Kier alpha value is -1.25. The molecule has 1 rings (SSSR count). The van der Waals surface area contributed by atoms with Gasteiger partial charge in [-0.1, -0.05) is 6.92 Å². The molecule has 0 aliphatic carbocycles. The molecular formula is C7H8O3. The van der Waals surface area contributed by atoms with Gasteiger partial charge in [0.2, 0.25) is 0 Å². The molecule has 0 saturated heterocycles. The number of rotatable bonds is 1. The third-order valence-electron chi connectivity index (χ3n) is 1.28. The highest BCUT2D eigenvalue weighted by atomic mass is 16.4. The summed E-state index contributed by atoms with van der Waals surface area (Å²) in [6.07, 6.45) is 1.94. The van der Waals surface area contributed by atoms with Gasteiger partial charge in [-0.05, 0) is 6.42 Å². The van der Waals surface area contributed by atoms with Gasteiger partial charge in [0.05, 0.1) is 6.07 Å². The Bertz CT molecular complexity index is 274. The number of hydrogen-bond donors (Lipinski definition) is 1. The molecule has 0 aromatic carbocycles. The first kappa shape index (κ1) is 6.86. The van der Waals surface area contributed by atoms with Crippen molar-refractivity contribution in [1.82, 2.24) is 0 Å². The van der Waals surface area contributed by atoms with Crippen LogP contribution in [0.4, 0.5) is 0 Å². The van der Waals surface area contributed by atoms with Crippen molar-refractivity contribution in [3.05, 3.63) is 28.3 Å². The summed E-state index contributed by atoms with van der Waals surface area (Å²) in [7, 11) is 0. The SMILES string of the molecule is CCc1coc(=O)cc1O. The highest BCUT2D eigenvalue weighted by Crippen LogP contribution is 2.12. The summed E-state index contributed by atoms with van der Waals surface area (Å²) in [6, 6.07) is 1.07. The van der Waals surface area contributed by atoms with Gasteiger partial charge in [0.25, 0.3) is 0 Å². The van der Waals surface area contributed by atoms with Gasteiger partial charge in [0.1, 0.15) is 12.0 Å². The lowest BCUT2D eigenvalue weighted by molar-refractivity contribution is 0.437. The summed E-state index contributed by atoms with van der Waals surface area (Å²) in [4.78, 5) is 10.4. The molecule has 0 aliphatic heterocycles. The Kier molecular flexibility index (Phi) is 1.76. The van der Waals surface area contributed by atoms with E-state index in [1.54, 1.807) is 0 Å². The van der Waals surface area contributed by atoms with E-state index in [2.05, 4.69) is 4.42 Å². The molecule has 0 atom stereocenters. The zero-order chi connectivity index (χ0) is 7.56. The van der Waals surface area contributed by atoms with Gasteiger partial charge in [0, 0.05) is 5.56 Å². The molecule has 0 amide bonds. The lowest BCUT2D eigenvalue weighted by atomic mass is 10.2.